The van der Waals surface area contributed by atoms with Gasteiger partial charge in [0.2, 0.25) is 5.91 Å². The van der Waals surface area contributed by atoms with Crippen LogP contribution in [-0.2, 0) is 15.0 Å². The summed E-state index contributed by atoms with van der Waals surface area (Å²) >= 11 is 0. The largest absolute Gasteiger partial charge is 0.354 e. The van der Waals surface area contributed by atoms with Crippen LogP contribution in [0.5, 0.6) is 0 Å². The summed E-state index contributed by atoms with van der Waals surface area (Å²) in [6.07, 6.45) is 5.19. The van der Waals surface area contributed by atoms with Crippen molar-refractivity contribution < 1.29 is 13.2 Å². The van der Waals surface area contributed by atoms with Crippen LogP contribution in [0.2, 0.25) is 0 Å². The van der Waals surface area contributed by atoms with Gasteiger partial charge in [0.25, 0.3) is 10.2 Å². The molecule has 0 aromatic heterocycles. The molecule has 0 aromatic rings. The minimum atomic E-state index is -3.44. The van der Waals surface area contributed by atoms with Crippen molar-refractivity contribution in [1.29, 1.82) is 0 Å². The molecule has 2 fully saturated rings. The van der Waals surface area contributed by atoms with Gasteiger partial charge in [-0.2, -0.15) is 17.0 Å². The molecule has 1 atom stereocenters. The van der Waals surface area contributed by atoms with Crippen LogP contribution in [0.25, 0.3) is 0 Å². The molecule has 22 heavy (non-hydrogen) atoms. The fraction of sp³-hybridized carbons (Fsp3) is 0.929. The molecule has 1 unspecified atom stereocenters. The van der Waals surface area contributed by atoms with Gasteiger partial charge in [0.1, 0.15) is 0 Å². The van der Waals surface area contributed by atoms with Gasteiger partial charge in [0, 0.05) is 45.7 Å². The quantitative estimate of drug-likeness (QED) is 0.648. The third kappa shape index (κ3) is 4.65. The van der Waals surface area contributed by atoms with Gasteiger partial charge in [0.15, 0.2) is 0 Å². The van der Waals surface area contributed by atoms with Gasteiger partial charge in [0.05, 0.1) is 0 Å². The Bertz CT molecular complexity index is 478. The lowest BCUT2D eigenvalue weighted by atomic mass is 10.1. The number of rotatable bonds is 8. The summed E-state index contributed by atoms with van der Waals surface area (Å²) < 4.78 is 28.5. The first-order valence-corrected chi connectivity index (χ1v) is 9.54. The normalized spacial score (nSPS) is 23.7. The predicted molar refractivity (Wildman–Crippen MR) is 85.3 cm³/mol. The number of carbonyl (C=O) groups excluding carboxylic acids is 1. The molecule has 1 amide bonds. The molecule has 0 aromatic carbocycles. The van der Waals surface area contributed by atoms with Gasteiger partial charge in [-0.3, -0.25) is 4.79 Å². The number of amides is 1. The molecule has 128 valence electrons. The van der Waals surface area contributed by atoms with Crippen LogP contribution in [-0.4, -0.2) is 62.2 Å². The second kappa shape index (κ2) is 7.72. The second-order valence-corrected chi connectivity index (χ2v) is 8.32. The third-order valence-electron chi connectivity index (χ3n) is 4.38. The van der Waals surface area contributed by atoms with E-state index in [4.69, 9.17) is 5.73 Å². The van der Waals surface area contributed by atoms with Crippen LogP contribution in [0.1, 0.15) is 38.5 Å². The van der Waals surface area contributed by atoms with E-state index in [0.29, 0.717) is 32.1 Å². The molecule has 1 aliphatic carbocycles. The third-order valence-corrected chi connectivity index (χ3v) is 6.39. The average molecular weight is 332 g/mol. The fourth-order valence-corrected chi connectivity index (χ4v) is 4.54. The van der Waals surface area contributed by atoms with Crippen molar-refractivity contribution in [3.63, 3.8) is 0 Å². The summed E-state index contributed by atoms with van der Waals surface area (Å²) in [6.45, 7) is 1.82. The molecule has 0 radical (unpaired) electrons. The Balaban J connectivity index is 1.96. The second-order valence-electron chi connectivity index (χ2n) is 6.33. The molecule has 2 aliphatic rings. The van der Waals surface area contributed by atoms with Gasteiger partial charge < -0.3 is 11.1 Å². The number of piperidine rings is 1. The molecule has 0 spiro atoms. The van der Waals surface area contributed by atoms with E-state index in [2.05, 4.69) is 5.32 Å². The Labute approximate surface area is 133 Å². The minimum Gasteiger partial charge on any atom is -0.354 e. The standard InChI is InChI=1S/C14H28N4O3S/c1-17(11-12-5-6-12)22(20,21)18-9-3-2-4-13(18)10-16-14(19)7-8-15/h12-13H,2-11,15H2,1H3,(H,16,19). The van der Waals surface area contributed by atoms with Gasteiger partial charge in [-0.1, -0.05) is 6.42 Å². The maximum atomic E-state index is 12.7. The zero-order valence-corrected chi connectivity index (χ0v) is 14.1. The topological polar surface area (TPSA) is 95.7 Å². The van der Waals surface area contributed by atoms with Crippen molar-refractivity contribution in [2.24, 2.45) is 11.7 Å². The fourth-order valence-electron chi connectivity index (χ4n) is 2.87. The van der Waals surface area contributed by atoms with Crippen LogP contribution < -0.4 is 11.1 Å². The van der Waals surface area contributed by atoms with Crippen LogP contribution in [0.4, 0.5) is 0 Å². The molecular weight excluding hydrogens is 304 g/mol. The number of hydrogen-bond donors (Lipinski definition) is 2. The van der Waals surface area contributed by atoms with Crippen LogP contribution in [0.15, 0.2) is 0 Å². The highest BCUT2D eigenvalue weighted by Gasteiger charge is 2.37. The number of nitrogens with zero attached hydrogens (tertiary/aromatic N) is 2. The van der Waals surface area contributed by atoms with Gasteiger partial charge >= 0.3 is 0 Å². The van der Waals surface area contributed by atoms with E-state index in [1.807, 2.05) is 0 Å². The van der Waals surface area contributed by atoms with E-state index < -0.39 is 10.2 Å². The Morgan fingerprint density at radius 3 is 2.68 bits per heavy atom. The molecule has 0 bridgehead atoms. The molecule has 2 rings (SSSR count). The first-order valence-electron chi connectivity index (χ1n) is 8.15. The summed E-state index contributed by atoms with van der Waals surface area (Å²) in [6, 6.07) is -0.151. The van der Waals surface area contributed by atoms with Crippen LogP contribution in [0.3, 0.4) is 0 Å². The average Bonchev–Trinajstić information content (AvgIpc) is 3.29. The van der Waals surface area contributed by atoms with Crippen LogP contribution >= 0.6 is 0 Å². The molecule has 1 saturated heterocycles. The first kappa shape index (κ1) is 17.7. The van der Waals surface area contributed by atoms with Gasteiger partial charge in [-0.05, 0) is 31.6 Å². The first-order chi connectivity index (χ1) is 10.4. The maximum absolute atomic E-state index is 12.7. The minimum absolute atomic E-state index is 0.114. The Kier molecular flexibility index (Phi) is 6.19. The van der Waals surface area contributed by atoms with E-state index >= 15 is 0 Å². The van der Waals surface area contributed by atoms with Crippen molar-refractivity contribution in [3.8, 4) is 0 Å². The number of nitrogens with two attached hydrogens (primary N) is 1. The summed E-state index contributed by atoms with van der Waals surface area (Å²) in [5.41, 5.74) is 5.35. The van der Waals surface area contributed by atoms with Crippen molar-refractivity contribution in [3.05, 3.63) is 0 Å². The summed E-state index contributed by atoms with van der Waals surface area (Å²) in [5.74, 6) is 0.407. The molecule has 1 heterocycles. The summed E-state index contributed by atoms with van der Waals surface area (Å²) in [7, 11) is -1.78. The lowest BCUT2D eigenvalue weighted by Gasteiger charge is -2.37. The lowest BCUT2D eigenvalue weighted by Crippen LogP contribution is -2.53. The predicted octanol–water partition coefficient (Wildman–Crippen LogP) is -0.107. The molecule has 1 saturated carbocycles. The Morgan fingerprint density at radius 1 is 1.32 bits per heavy atom. The number of carbonyl (C=O) groups is 1. The molecular formula is C14H28N4O3S. The smallest absolute Gasteiger partial charge is 0.282 e. The molecule has 3 N–H and O–H groups in total. The summed E-state index contributed by atoms with van der Waals surface area (Å²) in [4.78, 5) is 11.6. The zero-order chi connectivity index (χ0) is 16.2. The lowest BCUT2D eigenvalue weighted by molar-refractivity contribution is -0.121. The molecule has 1 aliphatic heterocycles. The van der Waals surface area contributed by atoms with E-state index in [-0.39, 0.29) is 18.4 Å². The maximum Gasteiger partial charge on any atom is 0.282 e. The van der Waals surface area contributed by atoms with Crippen molar-refractivity contribution in [2.45, 2.75) is 44.6 Å². The van der Waals surface area contributed by atoms with E-state index in [1.54, 1.807) is 11.4 Å². The van der Waals surface area contributed by atoms with Crippen molar-refractivity contribution in [2.75, 3.05) is 33.2 Å². The zero-order valence-electron chi connectivity index (χ0n) is 13.3. The highest BCUT2D eigenvalue weighted by Crippen LogP contribution is 2.31. The Hall–Kier alpha value is -0.700. The Morgan fingerprint density at radius 2 is 2.05 bits per heavy atom. The number of hydrogen-bond acceptors (Lipinski definition) is 4. The monoisotopic (exact) mass is 332 g/mol. The highest BCUT2D eigenvalue weighted by atomic mass is 32.2. The summed E-state index contributed by atoms with van der Waals surface area (Å²) in [5, 5.41) is 2.80. The van der Waals surface area contributed by atoms with Crippen molar-refractivity contribution >= 4 is 16.1 Å². The SMILES string of the molecule is CN(CC1CC1)S(=O)(=O)N1CCCCC1CNC(=O)CCN. The molecule has 7 nitrogen and oxygen atoms in total. The van der Waals surface area contributed by atoms with Crippen LogP contribution in [0, 0.1) is 5.92 Å². The van der Waals surface area contributed by atoms with E-state index in [9.17, 15) is 13.2 Å². The molecule has 8 heteroatoms. The highest BCUT2D eigenvalue weighted by molar-refractivity contribution is 7.86. The van der Waals surface area contributed by atoms with E-state index in [0.717, 1.165) is 32.1 Å². The number of nitrogens with one attached hydrogen (secondary N) is 1. The van der Waals surface area contributed by atoms with Gasteiger partial charge in [-0.25, -0.2) is 0 Å². The van der Waals surface area contributed by atoms with Crippen molar-refractivity contribution in [1.82, 2.24) is 13.9 Å². The van der Waals surface area contributed by atoms with E-state index in [1.165, 1.54) is 4.31 Å². The van der Waals surface area contributed by atoms with Gasteiger partial charge in [-0.15, -0.1) is 0 Å².